The molecule has 3 rings (SSSR count). The maximum absolute atomic E-state index is 12.4. The van der Waals surface area contributed by atoms with Gasteiger partial charge in [0.1, 0.15) is 0 Å². The number of carbonyl (C=O) groups excluding carboxylic acids is 2. The Hall–Kier alpha value is -3.38. The van der Waals surface area contributed by atoms with Gasteiger partial charge < -0.3 is 15.4 Å². The van der Waals surface area contributed by atoms with Crippen LogP contribution in [0.1, 0.15) is 26.3 Å². The van der Waals surface area contributed by atoms with Gasteiger partial charge in [-0.1, -0.05) is 35.9 Å². The van der Waals surface area contributed by atoms with Gasteiger partial charge >= 0.3 is 5.97 Å². The minimum absolute atomic E-state index is 0.264. The maximum atomic E-state index is 12.4. The Labute approximate surface area is 167 Å². The van der Waals surface area contributed by atoms with Crippen molar-refractivity contribution in [2.45, 2.75) is 6.54 Å². The molecule has 142 valence electrons. The first-order valence-corrected chi connectivity index (χ1v) is 8.86. The Kier molecular flexibility index (Phi) is 6.24. The molecule has 0 radical (unpaired) electrons. The van der Waals surface area contributed by atoms with Crippen LogP contribution in [0.3, 0.4) is 0 Å². The topological polar surface area (TPSA) is 80.3 Å². The molecule has 0 aliphatic heterocycles. The van der Waals surface area contributed by atoms with Crippen molar-refractivity contribution in [3.8, 4) is 0 Å². The van der Waals surface area contributed by atoms with Gasteiger partial charge in [0, 0.05) is 23.5 Å². The molecule has 0 saturated heterocycles. The van der Waals surface area contributed by atoms with Crippen LogP contribution >= 0.6 is 11.6 Å². The van der Waals surface area contributed by atoms with E-state index in [0.717, 1.165) is 5.56 Å². The van der Waals surface area contributed by atoms with E-state index in [1.54, 1.807) is 42.6 Å². The number of aromatic nitrogens is 1. The van der Waals surface area contributed by atoms with Crippen molar-refractivity contribution in [3.05, 3.63) is 88.7 Å². The first-order chi connectivity index (χ1) is 13.6. The molecule has 0 atom stereocenters. The second-order valence-electron chi connectivity index (χ2n) is 5.93. The molecule has 1 aromatic heterocycles. The third-order valence-electron chi connectivity index (χ3n) is 3.97. The average Bonchev–Trinajstić information content (AvgIpc) is 2.72. The Morgan fingerprint density at radius 1 is 1.00 bits per heavy atom. The zero-order chi connectivity index (χ0) is 19.9. The van der Waals surface area contributed by atoms with Crippen molar-refractivity contribution in [3.63, 3.8) is 0 Å². The first-order valence-electron chi connectivity index (χ1n) is 8.49. The number of halogens is 1. The highest BCUT2D eigenvalue weighted by Crippen LogP contribution is 2.19. The number of methoxy groups -OCH3 is 1. The Morgan fingerprint density at radius 2 is 1.79 bits per heavy atom. The summed E-state index contributed by atoms with van der Waals surface area (Å²) in [5.74, 6) is -0.686. The van der Waals surface area contributed by atoms with Gasteiger partial charge in [-0.25, -0.2) is 4.79 Å². The number of amides is 1. The summed E-state index contributed by atoms with van der Waals surface area (Å²) in [5, 5.41) is 6.56. The quantitative estimate of drug-likeness (QED) is 0.611. The monoisotopic (exact) mass is 395 g/mol. The molecule has 0 unspecified atom stereocenters. The fraction of sp³-hybridized carbons (Fsp3) is 0.0952. The molecule has 28 heavy (non-hydrogen) atoms. The molecule has 0 spiro atoms. The summed E-state index contributed by atoms with van der Waals surface area (Å²) < 4.78 is 4.72. The summed E-state index contributed by atoms with van der Waals surface area (Å²) in [6.45, 7) is 0.317. The van der Waals surface area contributed by atoms with Crippen LogP contribution in [0.4, 0.5) is 11.4 Å². The lowest BCUT2D eigenvalue weighted by atomic mass is 10.2. The van der Waals surface area contributed by atoms with Gasteiger partial charge in [0.2, 0.25) is 0 Å². The number of anilines is 2. The van der Waals surface area contributed by atoms with Gasteiger partial charge in [-0.2, -0.15) is 0 Å². The standard InChI is InChI=1S/C21H18ClN3O3/c1-28-21(27)14-6-4-7-17(9-14)25-18-10-16(11-23-13-18)20(26)24-12-15-5-2-3-8-19(15)22/h2-11,13,25H,12H2,1H3,(H,24,26). The molecule has 6 nitrogen and oxygen atoms in total. The van der Waals surface area contributed by atoms with Crippen molar-refractivity contribution < 1.29 is 14.3 Å². The number of nitrogens with one attached hydrogen (secondary N) is 2. The van der Waals surface area contributed by atoms with Crippen LogP contribution in [0.25, 0.3) is 0 Å². The van der Waals surface area contributed by atoms with Crippen LogP contribution in [-0.4, -0.2) is 24.0 Å². The highest BCUT2D eigenvalue weighted by atomic mass is 35.5. The highest BCUT2D eigenvalue weighted by molar-refractivity contribution is 6.31. The number of hydrogen-bond donors (Lipinski definition) is 2. The third kappa shape index (κ3) is 4.86. The number of rotatable bonds is 6. The zero-order valence-electron chi connectivity index (χ0n) is 15.1. The normalized spacial score (nSPS) is 10.2. The van der Waals surface area contributed by atoms with Crippen LogP contribution in [-0.2, 0) is 11.3 Å². The zero-order valence-corrected chi connectivity index (χ0v) is 15.9. The second-order valence-corrected chi connectivity index (χ2v) is 6.34. The maximum Gasteiger partial charge on any atom is 0.337 e. The number of pyridine rings is 1. The van der Waals surface area contributed by atoms with Crippen LogP contribution in [0.15, 0.2) is 67.0 Å². The number of benzene rings is 2. The summed E-state index contributed by atoms with van der Waals surface area (Å²) in [7, 11) is 1.33. The molecule has 7 heteroatoms. The van der Waals surface area contributed by atoms with E-state index >= 15 is 0 Å². The molecule has 0 fully saturated rings. The fourth-order valence-electron chi connectivity index (χ4n) is 2.56. The summed E-state index contributed by atoms with van der Waals surface area (Å²) in [6.07, 6.45) is 3.08. The van der Waals surface area contributed by atoms with Gasteiger partial charge in [0.25, 0.3) is 5.91 Å². The van der Waals surface area contributed by atoms with Crippen molar-refractivity contribution in [1.82, 2.24) is 10.3 Å². The van der Waals surface area contributed by atoms with E-state index in [1.165, 1.54) is 13.3 Å². The lowest BCUT2D eigenvalue weighted by molar-refractivity contribution is 0.0600. The molecule has 2 N–H and O–H groups in total. The van der Waals surface area contributed by atoms with Crippen LogP contribution < -0.4 is 10.6 Å². The number of ether oxygens (including phenoxy) is 1. The van der Waals surface area contributed by atoms with Crippen molar-refractivity contribution in [2.75, 3.05) is 12.4 Å². The number of carbonyl (C=O) groups is 2. The highest BCUT2D eigenvalue weighted by Gasteiger charge is 2.09. The molecule has 1 amide bonds. The average molecular weight is 396 g/mol. The minimum atomic E-state index is -0.422. The van der Waals surface area contributed by atoms with E-state index in [-0.39, 0.29) is 5.91 Å². The fourth-order valence-corrected chi connectivity index (χ4v) is 2.76. The predicted molar refractivity (Wildman–Crippen MR) is 108 cm³/mol. The van der Waals surface area contributed by atoms with Crippen LogP contribution in [0.2, 0.25) is 5.02 Å². The molecule has 2 aromatic carbocycles. The molecule has 1 heterocycles. The largest absolute Gasteiger partial charge is 0.465 e. The molecule has 0 saturated carbocycles. The van der Waals surface area contributed by atoms with Gasteiger partial charge in [-0.05, 0) is 35.9 Å². The molecule has 0 aliphatic carbocycles. The molecule has 0 aliphatic rings. The number of hydrogen-bond acceptors (Lipinski definition) is 5. The SMILES string of the molecule is COC(=O)c1cccc(Nc2cncc(C(=O)NCc3ccccc3Cl)c2)c1. The van der Waals surface area contributed by atoms with Crippen LogP contribution in [0.5, 0.6) is 0 Å². The van der Waals surface area contributed by atoms with Gasteiger partial charge in [-0.3, -0.25) is 9.78 Å². The van der Waals surface area contributed by atoms with E-state index in [1.807, 2.05) is 18.2 Å². The lowest BCUT2D eigenvalue weighted by Gasteiger charge is -2.10. The van der Waals surface area contributed by atoms with Crippen molar-refractivity contribution >= 4 is 34.9 Å². The second kappa shape index (κ2) is 9.01. The van der Waals surface area contributed by atoms with E-state index < -0.39 is 5.97 Å². The van der Waals surface area contributed by atoms with E-state index in [4.69, 9.17) is 16.3 Å². The Morgan fingerprint density at radius 3 is 2.57 bits per heavy atom. The molecular weight excluding hydrogens is 378 g/mol. The molecule has 0 bridgehead atoms. The summed E-state index contributed by atoms with van der Waals surface area (Å²) in [4.78, 5) is 28.2. The molecule has 3 aromatic rings. The van der Waals surface area contributed by atoms with Crippen LogP contribution in [0, 0.1) is 0 Å². The van der Waals surface area contributed by atoms with Crippen molar-refractivity contribution in [1.29, 1.82) is 0 Å². The predicted octanol–water partition coefficient (Wildman–Crippen LogP) is 4.20. The summed E-state index contributed by atoms with van der Waals surface area (Å²) in [5.41, 5.74) is 2.96. The minimum Gasteiger partial charge on any atom is -0.465 e. The number of esters is 1. The van der Waals surface area contributed by atoms with E-state index in [0.29, 0.717) is 34.1 Å². The van der Waals surface area contributed by atoms with E-state index in [9.17, 15) is 9.59 Å². The van der Waals surface area contributed by atoms with E-state index in [2.05, 4.69) is 15.6 Å². The number of nitrogens with zero attached hydrogens (tertiary/aromatic N) is 1. The van der Waals surface area contributed by atoms with Gasteiger partial charge in [0.05, 0.1) is 30.1 Å². The first kappa shape index (κ1) is 19.4. The summed E-state index contributed by atoms with van der Waals surface area (Å²) in [6, 6.07) is 15.9. The Bertz CT molecular complexity index is 1010. The summed E-state index contributed by atoms with van der Waals surface area (Å²) >= 11 is 6.11. The van der Waals surface area contributed by atoms with Gasteiger partial charge in [0.15, 0.2) is 0 Å². The Balaban J connectivity index is 1.69. The van der Waals surface area contributed by atoms with Gasteiger partial charge in [-0.15, -0.1) is 0 Å². The smallest absolute Gasteiger partial charge is 0.337 e. The lowest BCUT2D eigenvalue weighted by Crippen LogP contribution is -2.23. The molecular formula is C21H18ClN3O3. The third-order valence-corrected chi connectivity index (χ3v) is 4.34. The van der Waals surface area contributed by atoms with Crippen molar-refractivity contribution in [2.24, 2.45) is 0 Å².